The Morgan fingerprint density at radius 1 is 1.17 bits per heavy atom. The van der Waals surface area contributed by atoms with E-state index in [1.54, 1.807) is 12.1 Å². The van der Waals surface area contributed by atoms with Gasteiger partial charge in [-0.2, -0.15) is 5.10 Å². The smallest absolute Gasteiger partial charge is 0.126 e. The number of rotatable bonds is 7. The molecular formula is C18H17BrFN3O. The van der Waals surface area contributed by atoms with E-state index in [4.69, 9.17) is 4.74 Å². The molecule has 0 atom stereocenters. The molecule has 0 fully saturated rings. The molecule has 0 bridgehead atoms. The molecule has 0 amide bonds. The summed E-state index contributed by atoms with van der Waals surface area (Å²) < 4.78 is 21.4. The van der Waals surface area contributed by atoms with E-state index in [0.29, 0.717) is 25.4 Å². The van der Waals surface area contributed by atoms with Crippen LogP contribution in [-0.4, -0.2) is 22.9 Å². The van der Waals surface area contributed by atoms with Gasteiger partial charge in [0, 0.05) is 35.4 Å². The van der Waals surface area contributed by atoms with Crippen LogP contribution in [0.4, 0.5) is 4.39 Å². The predicted octanol–water partition coefficient (Wildman–Crippen LogP) is 3.94. The van der Waals surface area contributed by atoms with Gasteiger partial charge in [0.25, 0.3) is 0 Å². The number of benzene rings is 2. The standard InChI is InChI=1S/C18H17BrFN3O/c19-15-4-6-17(7-5-15)23-13-14(12-22-23)11-21-8-9-24-18-3-1-2-16(20)10-18/h1-7,10,12-13,21H,8-9,11H2. The summed E-state index contributed by atoms with van der Waals surface area (Å²) in [7, 11) is 0. The van der Waals surface area contributed by atoms with Gasteiger partial charge in [-0.15, -0.1) is 0 Å². The van der Waals surface area contributed by atoms with Crippen LogP contribution >= 0.6 is 15.9 Å². The first-order valence-corrected chi connectivity index (χ1v) is 8.38. The van der Waals surface area contributed by atoms with Gasteiger partial charge >= 0.3 is 0 Å². The van der Waals surface area contributed by atoms with Gasteiger partial charge in [-0.05, 0) is 36.4 Å². The van der Waals surface area contributed by atoms with E-state index >= 15 is 0 Å². The number of hydrogen-bond donors (Lipinski definition) is 1. The molecule has 3 aromatic rings. The largest absolute Gasteiger partial charge is 0.492 e. The van der Waals surface area contributed by atoms with Crippen LogP contribution < -0.4 is 10.1 Å². The average molecular weight is 390 g/mol. The van der Waals surface area contributed by atoms with Gasteiger partial charge in [-0.25, -0.2) is 9.07 Å². The Balaban J connectivity index is 1.43. The number of aromatic nitrogens is 2. The third kappa shape index (κ3) is 4.66. The lowest BCUT2D eigenvalue weighted by molar-refractivity contribution is 0.312. The molecular weight excluding hydrogens is 373 g/mol. The quantitative estimate of drug-likeness (QED) is 0.622. The Bertz CT molecular complexity index is 789. The van der Waals surface area contributed by atoms with Crippen LogP contribution in [0.3, 0.4) is 0 Å². The third-order valence-electron chi connectivity index (χ3n) is 3.40. The molecule has 0 aliphatic rings. The first-order valence-electron chi connectivity index (χ1n) is 7.59. The highest BCUT2D eigenvalue weighted by molar-refractivity contribution is 9.10. The third-order valence-corrected chi connectivity index (χ3v) is 3.93. The van der Waals surface area contributed by atoms with Crippen molar-refractivity contribution in [1.82, 2.24) is 15.1 Å². The van der Waals surface area contributed by atoms with Gasteiger partial charge in [0.1, 0.15) is 18.2 Å². The molecule has 0 saturated heterocycles. The van der Waals surface area contributed by atoms with E-state index in [1.807, 2.05) is 41.3 Å². The Hall–Kier alpha value is -2.18. The molecule has 1 heterocycles. The summed E-state index contributed by atoms with van der Waals surface area (Å²) >= 11 is 3.42. The molecule has 4 nitrogen and oxygen atoms in total. The fourth-order valence-corrected chi connectivity index (χ4v) is 2.48. The number of halogens is 2. The predicted molar refractivity (Wildman–Crippen MR) is 94.9 cm³/mol. The molecule has 2 aromatic carbocycles. The molecule has 6 heteroatoms. The molecule has 0 aliphatic heterocycles. The highest BCUT2D eigenvalue weighted by Crippen LogP contribution is 2.14. The van der Waals surface area contributed by atoms with E-state index < -0.39 is 0 Å². The fraction of sp³-hybridized carbons (Fsp3) is 0.167. The zero-order valence-electron chi connectivity index (χ0n) is 13.0. The zero-order chi connectivity index (χ0) is 16.8. The average Bonchev–Trinajstić information content (AvgIpc) is 3.04. The van der Waals surface area contributed by atoms with Crippen LogP contribution in [0.25, 0.3) is 5.69 Å². The van der Waals surface area contributed by atoms with Gasteiger partial charge in [0.05, 0.1) is 11.9 Å². The van der Waals surface area contributed by atoms with Crippen LogP contribution in [0, 0.1) is 5.82 Å². The summed E-state index contributed by atoms with van der Waals surface area (Å²) in [6, 6.07) is 14.1. The summed E-state index contributed by atoms with van der Waals surface area (Å²) in [6.07, 6.45) is 3.83. The van der Waals surface area contributed by atoms with Crippen molar-refractivity contribution in [3.05, 3.63) is 76.8 Å². The molecule has 0 aliphatic carbocycles. The van der Waals surface area contributed by atoms with Crippen molar-refractivity contribution in [3.63, 3.8) is 0 Å². The van der Waals surface area contributed by atoms with E-state index in [-0.39, 0.29) is 5.82 Å². The Morgan fingerprint density at radius 3 is 2.79 bits per heavy atom. The van der Waals surface area contributed by atoms with E-state index in [1.165, 1.54) is 12.1 Å². The lowest BCUT2D eigenvalue weighted by Gasteiger charge is -2.06. The lowest BCUT2D eigenvalue weighted by Crippen LogP contribution is -2.20. The minimum absolute atomic E-state index is 0.291. The minimum Gasteiger partial charge on any atom is -0.492 e. The van der Waals surface area contributed by atoms with Crippen LogP contribution in [-0.2, 0) is 6.54 Å². The van der Waals surface area contributed by atoms with E-state index in [0.717, 1.165) is 15.7 Å². The summed E-state index contributed by atoms with van der Waals surface area (Å²) in [5.74, 6) is 0.251. The Kier molecular flexibility index (Phi) is 5.61. The van der Waals surface area contributed by atoms with Crippen molar-refractivity contribution in [2.24, 2.45) is 0 Å². The van der Waals surface area contributed by atoms with Crippen molar-refractivity contribution in [2.45, 2.75) is 6.54 Å². The molecule has 124 valence electrons. The topological polar surface area (TPSA) is 39.1 Å². The van der Waals surface area contributed by atoms with Crippen LogP contribution in [0.15, 0.2) is 65.4 Å². The number of ether oxygens (including phenoxy) is 1. The van der Waals surface area contributed by atoms with Crippen molar-refractivity contribution in [2.75, 3.05) is 13.2 Å². The molecule has 0 unspecified atom stereocenters. The Morgan fingerprint density at radius 2 is 2.00 bits per heavy atom. The monoisotopic (exact) mass is 389 g/mol. The number of nitrogens with one attached hydrogen (secondary N) is 1. The molecule has 0 radical (unpaired) electrons. The van der Waals surface area contributed by atoms with Crippen molar-refractivity contribution in [3.8, 4) is 11.4 Å². The summed E-state index contributed by atoms with van der Waals surface area (Å²) in [5, 5.41) is 7.64. The highest BCUT2D eigenvalue weighted by atomic mass is 79.9. The second kappa shape index (κ2) is 8.08. The molecule has 1 N–H and O–H groups in total. The minimum atomic E-state index is -0.291. The zero-order valence-corrected chi connectivity index (χ0v) is 14.5. The van der Waals surface area contributed by atoms with Gasteiger partial charge in [-0.1, -0.05) is 22.0 Å². The maximum absolute atomic E-state index is 13.0. The molecule has 0 spiro atoms. The summed E-state index contributed by atoms with van der Waals surface area (Å²) in [4.78, 5) is 0. The maximum Gasteiger partial charge on any atom is 0.126 e. The van der Waals surface area contributed by atoms with E-state index in [9.17, 15) is 4.39 Å². The van der Waals surface area contributed by atoms with Crippen molar-refractivity contribution in [1.29, 1.82) is 0 Å². The number of nitrogens with zero attached hydrogens (tertiary/aromatic N) is 2. The molecule has 0 saturated carbocycles. The summed E-state index contributed by atoms with van der Waals surface area (Å²) in [6.45, 7) is 1.84. The van der Waals surface area contributed by atoms with E-state index in [2.05, 4.69) is 26.3 Å². The van der Waals surface area contributed by atoms with Gasteiger partial charge < -0.3 is 10.1 Å². The van der Waals surface area contributed by atoms with Gasteiger partial charge in [0.2, 0.25) is 0 Å². The highest BCUT2D eigenvalue weighted by Gasteiger charge is 2.01. The SMILES string of the molecule is Fc1cccc(OCCNCc2cnn(-c3ccc(Br)cc3)c2)c1. The Labute approximate surface area is 148 Å². The fourth-order valence-electron chi connectivity index (χ4n) is 2.22. The van der Waals surface area contributed by atoms with Crippen LogP contribution in [0.5, 0.6) is 5.75 Å². The molecule has 3 rings (SSSR count). The van der Waals surface area contributed by atoms with Crippen LogP contribution in [0.1, 0.15) is 5.56 Å². The number of hydrogen-bond acceptors (Lipinski definition) is 3. The van der Waals surface area contributed by atoms with Gasteiger partial charge in [0.15, 0.2) is 0 Å². The molecule has 24 heavy (non-hydrogen) atoms. The van der Waals surface area contributed by atoms with Gasteiger partial charge in [-0.3, -0.25) is 0 Å². The normalized spacial score (nSPS) is 10.8. The molecule has 1 aromatic heterocycles. The second-order valence-electron chi connectivity index (χ2n) is 5.25. The van der Waals surface area contributed by atoms with Crippen molar-refractivity contribution >= 4 is 15.9 Å². The lowest BCUT2D eigenvalue weighted by atomic mass is 10.3. The first kappa shape index (κ1) is 16.7. The summed E-state index contributed by atoms with van der Waals surface area (Å²) in [5.41, 5.74) is 2.10. The van der Waals surface area contributed by atoms with Crippen LogP contribution in [0.2, 0.25) is 0 Å². The first-order chi connectivity index (χ1) is 11.7. The second-order valence-corrected chi connectivity index (χ2v) is 6.17. The van der Waals surface area contributed by atoms with Crippen molar-refractivity contribution < 1.29 is 9.13 Å². The maximum atomic E-state index is 13.0.